The van der Waals surface area contributed by atoms with Crippen molar-refractivity contribution in [1.82, 2.24) is 15.0 Å². The number of benzene rings is 3. The minimum atomic E-state index is 0.733. The molecule has 0 spiro atoms. The zero-order valence-electron chi connectivity index (χ0n) is 17.3. The average Bonchev–Trinajstić information content (AvgIpc) is 2.80. The fraction of sp³-hybridized carbons (Fsp3) is 0.192. The first kappa shape index (κ1) is 20.4. The van der Waals surface area contributed by atoms with Crippen LogP contribution in [0.15, 0.2) is 84.9 Å². The number of hydrogen-bond acceptors (Lipinski definition) is 3. The highest BCUT2D eigenvalue weighted by molar-refractivity contribution is 5.60. The Morgan fingerprint density at radius 1 is 0.552 bits per heavy atom. The lowest BCUT2D eigenvalue weighted by atomic mass is 10.1. The molecule has 0 amide bonds. The highest BCUT2D eigenvalue weighted by atomic mass is 15.0. The Morgan fingerprint density at radius 2 is 1.03 bits per heavy atom. The second-order valence-corrected chi connectivity index (χ2v) is 6.76. The van der Waals surface area contributed by atoms with Gasteiger partial charge in [-0.15, -0.1) is 0 Å². The Kier molecular flexibility index (Phi) is 7.23. The predicted molar refractivity (Wildman–Crippen MR) is 121 cm³/mol. The van der Waals surface area contributed by atoms with E-state index >= 15 is 0 Å². The summed E-state index contributed by atoms with van der Waals surface area (Å²) in [6.45, 7) is 6.39. The summed E-state index contributed by atoms with van der Waals surface area (Å²) in [5, 5.41) is 0. The summed E-state index contributed by atoms with van der Waals surface area (Å²) in [6, 6.07) is 28.5. The van der Waals surface area contributed by atoms with Gasteiger partial charge in [0, 0.05) is 17.5 Å². The molecular formula is C26H27N3. The van der Waals surface area contributed by atoms with Gasteiger partial charge in [0.1, 0.15) is 5.82 Å². The van der Waals surface area contributed by atoms with Crippen molar-refractivity contribution in [1.29, 1.82) is 0 Å². The molecule has 3 aromatic carbocycles. The SMILES string of the molecule is CCc1ccccc1C.CCc1nc(-c2ccccc2)nc(-c2ccccc2)n1. The van der Waals surface area contributed by atoms with Crippen LogP contribution in [0, 0.1) is 6.92 Å². The van der Waals surface area contributed by atoms with E-state index in [9.17, 15) is 0 Å². The van der Waals surface area contributed by atoms with Crippen molar-refractivity contribution < 1.29 is 0 Å². The zero-order chi connectivity index (χ0) is 20.5. The summed E-state index contributed by atoms with van der Waals surface area (Å²) in [5.41, 5.74) is 4.89. The lowest BCUT2D eigenvalue weighted by Crippen LogP contribution is -2.01. The van der Waals surface area contributed by atoms with Crippen LogP contribution in [0.3, 0.4) is 0 Å². The van der Waals surface area contributed by atoms with E-state index in [0.717, 1.165) is 41.4 Å². The van der Waals surface area contributed by atoms with Crippen molar-refractivity contribution in [3.8, 4) is 22.8 Å². The number of aryl methyl sites for hydroxylation is 3. The van der Waals surface area contributed by atoms with E-state index in [1.54, 1.807) is 0 Å². The van der Waals surface area contributed by atoms with Crippen LogP contribution in [-0.2, 0) is 12.8 Å². The molecule has 0 saturated carbocycles. The first-order chi connectivity index (χ1) is 14.2. The van der Waals surface area contributed by atoms with Gasteiger partial charge in [0.2, 0.25) is 0 Å². The van der Waals surface area contributed by atoms with Gasteiger partial charge >= 0.3 is 0 Å². The van der Waals surface area contributed by atoms with Crippen LogP contribution in [-0.4, -0.2) is 15.0 Å². The van der Waals surface area contributed by atoms with Gasteiger partial charge in [0.15, 0.2) is 11.6 Å². The Bertz CT molecular complexity index is 970. The Labute approximate surface area is 173 Å². The van der Waals surface area contributed by atoms with Gasteiger partial charge in [-0.3, -0.25) is 0 Å². The van der Waals surface area contributed by atoms with Crippen LogP contribution in [0.25, 0.3) is 22.8 Å². The second-order valence-electron chi connectivity index (χ2n) is 6.76. The quantitative estimate of drug-likeness (QED) is 0.415. The van der Waals surface area contributed by atoms with Gasteiger partial charge in [0.25, 0.3) is 0 Å². The largest absolute Gasteiger partial charge is 0.213 e. The van der Waals surface area contributed by atoms with Gasteiger partial charge in [-0.1, -0.05) is 98.8 Å². The Hall–Kier alpha value is -3.33. The van der Waals surface area contributed by atoms with Gasteiger partial charge < -0.3 is 0 Å². The van der Waals surface area contributed by atoms with Crippen molar-refractivity contribution in [2.45, 2.75) is 33.6 Å². The molecule has 1 aromatic heterocycles. The first-order valence-corrected chi connectivity index (χ1v) is 10.1. The second kappa shape index (κ2) is 10.3. The molecule has 0 radical (unpaired) electrons. The van der Waals surface area contributed by atoms with E-state index in [4.69, 9.17) is 0 Å². The number of hydrogen-bond donors (Lipinski definition) is 0. The molecule has 0 unspecified atom stereocenters. The van der Waals surface area contributed by atoms with Crippen molar-refractivity contribution in [2.75, 3.05) is 0 Å². The van der Waals surface area contributed by atoms with Crippen molar-refractivity contribution >= 4 is 0 Å². The minimum Gasteiger partial charge on any atom is -0.213 e. The molecular weight excluding hydrogens is 354 g/mol. The van der Waals surface area contributed by atoms with Crippen LogP contribution in [0.1, 0.15) is 30.8 Å². The molecule has 1 heterocycles. The summed E-state index contributed by atoms with van der Waals surface area (Å²) in [6.07, 6.45) is 1.94. The highest BCUT2D eigenvalue weighted by Crippen LogP contribution is 2.19. The lowest BCUT2D eigenvalue weighted by molar-refractivity contribution is 0.910. The fourth-order valence-electron chi connectivity index (χ4n) is 3.02. The molecule has 4 rings (SSSR count). The zero-order valence-corrected chi connectivity index (χ0v) is 17.3. The fourth-order valence-corrected chi connectivity index (χ4v) is 3.02. The third kappa shape index (κ3) is 5.58. The van der Waals surface area contributed by atoms with E-state index in [2.05, 4.69) is 60.0 Å². The molecule has 0 fully saturated rings. The monoisotopic (exact) mass is 381 g/mol. The molecule has 3 nitrogen and oxygen atoms in total. The molecule has 0 aliphatic heterocycles. The topological polar surface area (TPSA) is 38.7 Å². The maximum Gasteiger partial charge on any atom is 0.163 e. The summed E-state index contributed by atoms with van der Waals surface area (Å²) in [5.74, 6) is 2.28. The van der Waals surface area contributed by atoms with E-state index in [1.165, 1.54) is 11.1 Å². The van der Waals surface area contributed by atoms with E-state index in [-0.39, 0.29) is 0 Å². The molecule has 0 bridgehead atoms. The molecule has 0 atom stereocenters. The normalized spacial score (nSPS) is 10.2. The summed E-state index contributed by atoms with van der Waals surface area (Å²) in [7, 11) is 0. The van der Waals surface area contributed by atoms with Crippen molar-refractivity contribution in [2.24, 2.45) is 0 Å². The highest BCUT2D eigenvalue weighted by Gasteiger charge is 2.08. The van der Waals surface area contributed by atoms with Crippen molar-refractivity contribution in [3.05, 3.63) is 102 Å². The van der Waals surface area contributed by atoms with Gasteiger partial charge in [-0.05, 0) is 24.5 Å². The first-order valence-electron chi connectivity index (χ1n) is 10.1. The molecule has 0 aliphatic rings. The van der Waals surface area contributed by atoms with Crippen LogP contribution in [0.5, 0.6) is 0 Å². The van der Waals surface area contributed by atoms with Gasteiger partial charge in [-0.2, -0.15) is 0 Å². The average molecular weight is 382 g/mol. The number of rotatable bonds is 4. The summed E-state index contributed by atoms with van der Waals surface area (Å²) < 4.78 is 0. The molecule has 4 aromatic rings. The smallest absolute Gasteiger partial charge is 0.163 e. The standard InChI is InChI=1S/C17H15N3.C9H12/c1-2-15-18-16(13-9-5-3-6-10-13)20-17(19-15)14-11-7-4-8-12-14;1-3-9-7-5-4-6-8(9)2/h3-12H,2H2,1H3;4-7H,3H2,1-2H3. The maximum absolute atomic E-state index is 4.60. The van der Waals surface area contributed by atoms with Gasteiger partial charge in [-0.25, -0.2) is 15.0 Å². The van der Waals surface area contributed by atoms with E-state index in [1.807, 2.05) is 60.7 Å². The van der Waals surface area contributed by atoms with Crippen LogP contribution in [0.4, 0.5) is 0 Å². The third-order valence-corrected chi connectivity index (χ3v) is 4.70. The maximum atomic E-state index is 4.60. The molecule has 146 valence electrons. The third-order valence-electron chi connectivity index (χ3n) is 4.70. The molecule has 3 heteroatoms. The summed E-state index contributed by atoms with van der Waals surface area (Å²) in [4.78, 5) is 13.7. The lowest BCUT2D eigenvalue weighted by Gasteiger charge is -2.06. The molecule has 0 saturated heterocycles. The Balaban J connectivity index is 0.000000224. The van der Waals surface area contributed by atoms with E-state index in [0.29, 0.717) is 0 Å². The molecule has 29 heavy (non-hydrogen) atoms. The molecule has 0 aliphatic carbocycles. The Morgan fingerprint density at radius 3 is 1.45 bits per heavy atom. The van der Waals surface area contributed by atoms with Crippen molar-refractivity contribution in [3.63, 3.8) is 0 Å². The molecule has 0 N–H and O–H groups in total. The number of aromatic nitrogens is 3. The summed E-state index contributed by atoms with van der Waals surface area (Å²) >= 11 is 0. The predicted octanol–water partition coefficient (Wildman–Crippen LogP) is 6.33. The minimum absolute atomic E-state index is 0.733. The van der Waals surface area contributed by atoms with E-state index < -0.39 is 0 Å². The van der Waals surface area contributed by atoms with Crippen LogP contribution < -0.4 is 0 Å². The van der Waals surface area contributed by atoms with Crippen LogP contribution >= 0.6 is 0 Å². The van der Waals surface area contributed by atoms with Gasteiger partial charge in [0.05, 0.1) is 0 Å². The number of nitrogens with zero attached hydrogens (tertiary/aromatic N) is 3. The van der Waals surface area contributed by atoms with Crippen LogP contribution in [0.2, 0.25) is 0 Å².